The fourth-order valence-electron chi connectivity index (χ4n) is 3.15. The van der Waals surface area contributed by atoms with Crippen LogP contribution >= 0.6 is 0 Å². The number of rotatable bonds is 3. The highest BCUT2D eigenvalue weighted by Crippen LogP contribution is 2.36. The molecule has 0 saturated carbocycles. The third-order valence-electron chi connectivity index (χ3n) is 4.35. The summed E-state index contributed by atoms with van der Waals surface area (Å²) in [6, 6.07) is 10.3. The lowest BCUT2D eigenvalue weighted by atomic mass is 9.80. The van der Waals surface area contributed by atoms with Crippen molar-refractivity contribution in [3.05, 3.63) is 71.0 Å². The fourth-order valence-corrected chi connectivity index (χ4v) is 3.15. The van der Waals surface area contributed by atoms with E-state index in [0.717, 1.165) is 28.7 Å². The molecule has 2 aromatic carbocycles. The van der Waals surface area contributed by atoms with Gasteiger partial charge in [-0.15, -0.1) is 13.2 Å². The molecule has 0 aliphatic heterocycles. The first-order valence-electron chi connectivity index (χ1n) is 7.65. The van der Waals surface area contributed by atoms with Crippen LogP contribution in [0.15, 0.2) is 43.0 Å². The number of hydrogen-bond donors (Lipinski definition) is 0. The highest BCUT2D eigenvalue weighted by atomic mass is 19.4. The van der Waals surface area contributed by atoms with Gasteiger partial charge in [0.05, 0.1) is 0 Å². The summed E-state index contributed by atoms with van der Waals surface area (Å²) in [7, 11) is 0. The average molecular weight is 336 g/mol. The summed E-state index contributed by atoms with van der Waals surface area (Å²) in [6.45, 7) is 3.71. The Hall–Kier alpha value is -2.30. The Morgan fingerprint density at radius 3 is 2.42 bits per heavy atom. The number of ether oxygens (including phenoxy) is 1. The Balaban J connectivity index is 1.83. The highest BCUT2D eigenvalue weighted by molar-refractivity contribution is 5.48. The molecule has 0 saturated heterocycles. The van der Waals surface area contributed by atoms with E-state index in [1.165, 1.54) is 12.1 Å². The van der Waals surface area contributed by atoms with Gasteiger partial charge < -0.3 is 4.74 Å². The number of fused-ring (bicyclic) bond motifs is 1. The van der Waals surface area contributed by atoms with Gasteiger partial charge >= 0.3 is 6.36 Å². The predicted octanol–water partition coefficient (Wildman–Crippen LogP) is 5.64. The molecule has 126 valence electrons. The van der Waals surface area contributed by atoms with E-state index in [9.17, 15) is 17.6 Å². The van der Waals surface area contributed by atoms with Crippen LogP contribution < -0.4 is 4.74 Å². The lowest BCUT2D eigenvalue weighted by Gasteiger charge is -2.26. The summed E-state index contributed by atoms with van der Waals surface area (Å²) in [5, 5.41) is 0. The van der Waals surface area contributed by atoms with E-state index in [-0.39, 0.29) is 5.92 Å². The average Bonchev–Trinajstić information content (AvgIpc) is 2.54. The standard InChI is InChI=1S/C19H16F4O/c1-2-12-3-5-13(6-4-12)14-7-8-15-11-18(24-19(21,22)23)17(20)10-16(15)9-14/h2-6,10-11,14H,1,7-9H2. The maximum absolute atomic E-state index is 13.9. The molecule has 0 fully saturated rings. The molecular formula is C19H16F4O. The van der Waals surface area contributed by atoms with Gasteiger partial charge in [-0.3, -0.25) is 0 Å². The van der Waals surface area contributed by atoms with Crippen LogP contribution in [0.2, 0.25) is 0 Å². The molecule has 2 aromatic rings. The smallest absolute Gasteiger partial charge is 0.403 e. The minimum Gasteiger partial charge on any atom is -0.403 e. The molecule has 24 heavy (non-hydrogen) atoms. The number of alkyl halides is 3. The topological polar surface area (TPSA) is 9.23 Å². The summed E-state index contributed by atoms with van der Waals surface area (Å²) in [5.41, 5.74) is 3.62. The van der Waals surface area contributed by atoms with Crippen molar-refractivity contribution in [2.24, 2.45) is 0 Å². The summed E-state index contributed by atoms with van der Waals surface area (Å²) < 4.78 is 54.6. The third-order valence-corrected chi connectivity index (χ3v) is 4.35. The van der Waals surface area contributed by atoms with Crippen LogP contribution in [-0.2, 0) is 12.8 Å². The van der Waals surface area contributed by atoms with Crippen molar-refractivity contribution < 1.29 is 22.3 Å². The summed E-state index contributed by atoms with van der Waals surface area (Å²) in [6.07, 6.45) is -1.13. The number of halogens is 4. The fraction of sp³-hybridized carbons (Fsp3) is 0.263. The minimum absolute atomic E-state index is 0.227. The van der Waals surface area contributed by atoms with E-state index in [1.807, 2.05) is 24.3 Å². The minimum atomic E-state index is -4.89. The zero-order valence-electron chi connectivity index (χ0n) is 12.9. The van der Waals surface area contributed by atoms with Gasteiger partial charge in [-0.05, 0) is 59.6 Å². The van der Waals surface area contributed by atoms with Crippen molar-refractivity contribution in [2.45, 2.75) is 31.5 Å². The number of aryl methyl sites for hydroxylation is 1. The molecule has 1 nitrogen and oxygen atoms in total. The number of hydrogen-bond acceptors (Lipinski definition) is 1. The second kappa shape index (κ2) is 6.30. The van der Waals surface area contributed by atoms with Gasteiger partial charge in [0.2, 0.25) is 0 Å². The van der Waals surface area contributed by atoms with E-state index < -0.39 is 17.9 Å². The Morgan fingerprint density at radius 2 is 1.79 bits per heavy atom. The maximum Gasteiger partial charge on any atom is 0.573 e. The molecular weight excluding hydrogens is 320 g/mol. The van der Waals surface area contributed by atoms with E-state index in [4.69, 9.17) is 0 Å². The van der Waals surface area contributed by atoms with Crippen LogP contribution in [-0.4, -0.2) is 6.36 Å². The molecule has 0 radical (unpaired) electrons. The van der Waals surface area contributed by atoms with Crippen molar-refractivity contribution in [1.29, 1.82) is 0 Å². The zero-order valence-corrected chi connectivity index (χ0v) is 12.9. The van der Waals surface area contributed by atoms with Gasteiger partial charge in [-0.2, -0.15) is 0 Å². The van der Waals surface area contributed by atoms with Gasteiger partial charge in [0.25, 0.3) is 0 Å². The zero-order chi connectivity index (χ0) is 17.3. The van der Waals surface area contributed by atoms with Crippen LogP contribution in [0.4, 0.5) is 17.6 Å². The van der Waals surface area contributed by atoms with Crippen LogP contribution in [0.25, 0.3) is 6.08 Å². The molecule has 0 amide bonds. The molecule has 1 unspecified atom stereocenters. The molecule has 1 aliphatic rings. The van der Waals surface area contributed by atoms with Crippen LogP contribution in [0.5, 0.6) is 5.75 Å². The van der Waals surface area contributed by atoms with Gasteiger partial charge in [0.15, 0.2) is 11.6 Å². The molecule has 0 N–H and O–H groups in total. The summed E-state index contributed by atoms with van der Waals surface area (Å²) in [4.78, 5) is 0. The monoisotopic (exact) mass is 336 g/mol. The quantitative estimate of drug-likeness (QED) is 0.659. The molecule has 1 atom stereocenters. The maximum atomic E-state index is 13.9. The Kier molecular flexibility index (Phi) is 4.35. The molecule has 0 bridgehead atoms. The lowest BCUT2D eigenvalue weighted by molar-refractivity contribution is -0.275. The Labute approximate surface area is 137 Å². The molecule has 1 aliphatic carbocycles. The number of benzene rings is 2. The molecule has 0 spiro atoms. The third kappa shape index (κ3) is 3.61. The van der Waals surface area contributed by atoms with Gasteiger partial charge in [-0.25, -0.2) is 4.39 Å². The Bertz CT molecular complexity index is 747. The van der Waals surface area contributed by atoms with Crippen LogP contribution in [0.3, 0.4) is 0 Å². The Morgan fingerprint density at radius 1 is 1.08 bits per heavy atom. The molecule has 0 heterocycles. The van der Waals surface area contributed by atoms with E-state index >= 15 is 0 Å². The highest BCUT2D eigenvalue weighted by Gasteiger charge is 2.33. The molecule has 3 rings (SSSR count). The lowest BCUT2D eigenvalue weighted by Crippen LogP contribution is -2.19. The van der Waals surface area contributed by atoms with Crippen molar-refractivity contribution in [2.75, 3.05) is 0 Å². The normalized spacial score (nSPS) is 17.2. The van der Waals surface area contributed by atoms with Crippen LogP contribution in [0.1, 0.15) is 34.6 Å². The van der Waals surface area contributed by atoms with Crippen LogP contribution in [0, 0.1) is 5.82 Å². The van der Waals surface area contributed by atoms with E-state index in [0.29, 0.717) is 12.8 Å². The second-order valence-corrected chi connectivity index (χ2v) is 5.91. The largest absolute Gasteiger partial charge is 0.573 e. The first-order chi connectivity index (χ1) is 11.4. The second-order valence-electron chi connectivity index (χ2n) is 5.91. The molecule has 5 heteroatoms. The van der Waals surface area contributed by atoms with Crippen molar-refractivity contribution in [3.63, 3.8) is 0 Å². The summed E-state index contributed by atoms with van der Waals surface area (Å²) >= 11 is 0. The first-order valence-corrected chi connectivity index (χ1v) is 7.65. The predicted molar refractivity (Wildman–Crippen MR) is 84.4 cm³/mol. The van der Waals surface area contributed by atoms with Crippen molar-refractivity contribution in [3.8, 4) is 5.75 Å². The van der Waals surface area contributed by atoms with Gasteiger partial charge in [0, 0.05) is 0 Å². The van der Waals surface area contributed by atoms with E-state index in [2.05, 4.69) is 11.3 Å². The SMILES string of the molecule is C=Cc1ccc(C2CCc3cc(OC(F)(F)F)c(F)cc3C2)cc1. The van der Waals surface area contributed by atoms with Gasteiger partial charge in [0.1, 0.15) is 0 Å². The van der Waals surface area contributed by atoms with Crippen molar-refractivity contribution in [1.82, 2.24) is 0 Å². The molecule has 0 aromatic heterocycles. The first kappa shape index (κ1) is 16.6. The summed E-state index contributed by atoms with van der Waals surface area (Å²) in [5.74, 6) is -1.51. The van der Waals surface area contributed by atoms with Gasteiger partial charge in [-0.1, -0.05) is 36.9 Å². The van der Waals surface area contributed by atoms with Crippen molar-refractivity contribution >= 4 is 6.08 Å². The van der Waals surface area contributed by atoms with E-state index in [1.54, 1.807) is 6.08 Å².